The van der Waals surface area contributed by atoms with Crippen LogP contribution >= 0.6 is 0 Å². The Morgan fingerprint density at radius 3 is 2.59 bits per heavy atom. The molecule has 4 nitrogen and oxygen atoms in total. The van der Waals surface area contributed by atoms with Crippen molar-refractivity contribution in [2.24, 2.45) is 5.92 Å². The van der Waals surface area contributed by atoms with Gasteiger partial charge in [0.2, 0.25) is 5.88 Å². The number of nitrogens with one attached hydrogen (secondary N) is 1. The van der Waals surface area contributed by atoms with E-state index < -0.39 is 23.5 Å². The summed E-state index contributed by atoms with van der Waals surface area (Å²) in [5.41, 5.74) is 3.46. The molecule has 0 spiro atoms. The molecule has 4 aromatic rings. The molecule has 160 valence electrons. The zero-order valence-corrected chi connectivity index (χ0v) is 17.3. The number of H-pyrrole nitrogens is 1. The number of benzene rings is 3. The predicted molar refractivity (Wildman–Crippen MR) is 116 cm³/mol. The fraction of sp³-hybridized carbons (Fsp3) is 0.154. The molecule has 0 aliphatic carbocycles. The Labute approximate surface area is 183 Å². The molecular weight excluding hydrogens is 410 g/mol. The molecule has 3 aromatic carbocycles. The number of rotatable bonds is 4. The van der Waals surface area contributed by atoms with Gasteiger partial charge in [-0.2, -0.15) is 0 Å². The van der Waals surface area contributed by atoms with Gasteiger partial charge in [-0.15, -0.1) is 0 Å². The first kappa shape index (κ1) is 20.1. The number of aromatic amines is 1. The Balaban J connectivity index is 1.64. The van der Waals surface area contributed by atoms with Gasteiger partial charge in [-0.3, -0.25) is 4.79 Å². The normalized spacial score (nSPS) is 17.7. The van der Waals surface area contributed by atoms with E-state index >= 15 is 0 Å². The highest BCUT2D eigenvalue weighted by molar-refractivity contribution is 5.80. The van der Waals surface area contributed by atoms with Crippen LogP contribution in [0.4, 0.5) is 8.78 Å². The van der Waals surface area contributed by atoms with E-state index in [-0.39, 0.29) is 23.2 Å². The zero-order chi connectivity index (χ0) is 22.2. The Bertz CT molecular complexity index is 1300. The molecule has 1 aliphatic heterocycles. The van der Waals surface area contributed by atoms with Crippen LogP contribution in [0.15, 0.2) is 72.8 Å². The van der Waals surface area contributed by atoms with E-state index in [9.17, 15) is 13.6 Å². The highest BCUT2D eigenvalue weighted by Gasteiger charge is 2.41. The number of fused-ring (bicyclic) bond motifs is 1. The SMILES string of the molecule is Cc1cccc([C@H]2c3nc(-c4cc(F)ccc4F)[nH]c3OC(=O)[C@H]2Cc2ccccc2)c1. The van der Waals surface area contributed by atoms with Crippen LogP contribution in [-0.2, 0) is 11.2 Å². The van der Waals surface area contributed by atoms with Crippen LogP contribution in [0, 0.1) is 24.5 Å². The fourth-order valence-electron chi connectivity index (χ4n) is 4.29. The minimum Gasteiger partial charge on any atom is -0.407 e. The highest BCUT2D eigenvalue weighted by atomic mass is 19.1. The smallest absolute Gasteiger partial charge is 0.317 e. The number of aryl methyl sites for hydroxylation is 1. The van der Waals surface area contributed by atoms with Crippen LogP contribution in [0.2, 0.25) is 0 Å². The van der Waals surface area contributed by atoms with Gasteiger partial charge in [0, 0.05) is 5.92 Å². The number of hydrogen-bond acceptors (Lipinski definition) is 3. The summed E-state index contributed by atoms with van der Waals surface area (Å²) < 4.78 is 33.8. The lowest BCUT2D eigenvalue weighted by atomic mass is 9.78. The van der Waals surface area contributed by atoms with Gasteiger partial charge < -0.3 is 9.72 Å². The van der Waals surface area contributed by atoms with Gasteiger partial charge in [0.1, 0.15) is 23.2 Å². The monoisotopic (exact) mass is 430 g/mol. The molecule has 6 heteroatoms. The fourth-order valence-corrected chi connectivity index (χ4v) is 4.29. The van der Waals surface area contributed by atoms with Gasteiger partial charge in [-0.1, -0.05) is 60.2 Å². The molecule has 2 atom stereocenters. The Kier molecular flexibility index (Phi) is 5.05. The molecule has 1 aromatic heterocycles. The first-order chi connectivity index (χ1) is 15.5. The van der Waals surface area contributed by atoms with Gasteiger partial charge in [-0.05, 0) is 42.7 Å². The molecule has 0 radical (unpaired) electrons. The summed E-state index contributed by atoms with van der Waals surface area (Å²) in [5, 5.41) is 0. The van der Waals surface area contributed by atoms with E-state index in [0.717, 1.165) is 34.9 Å². The predicted octanol–water partition coefficient (Wildman–Crippen LogP) is 5.57. The van der Waals surface area contributed by atoms with Crippen molar-refractivity contribution >= 4 is 5.97 Å². The maximum atomic E-state index is 14.4. The average Bonchev–Trinajstić information content (AvgIpc) is 3.19. The molecule has 0 saturated carbocycles. The number of hydrogen-bond donors (Lipinski definition) is 1. The summed E-state index contributed by atoms with van der Waals surface area (Å²) in [7, 11) is 0. The van der Waals surface area contributed by atoms with E-state index in [1.54, 1.807) is 0 Å². The topological polar surface area (TPSA) is 55.0 Å². The van der Waals surface area contributed by atoms with E-state index in [0.29, 0.717) is 12.1 Å². The summed E-state index contributed by atoms with van der Waals surface area (Å²) in [6.07, 6.45) is 0.467. The largest absolute Gasteiger partial charge is 0.407 e. The lowest BCUT2D eigenvalue weighted by molar-refractivity contribution is -0.141. The maximum Gasteiger partial charge on any atom is 0.317 e. The second kappa shape index (κ2) is 8.04. The molecule has 1 N–H and O–H groups in total. The molecule has 0 unspecified atom stereocenters. The summed E-state index contributed by atoms with van der Waals surface area (Å²) in [6.45, 7) is 1.98. The van der Waals surface area contributed by atoms with E-state index in [4.69, 9.17) is 4.74 Å². The molecule has 5 rings (SSSR count). The molecule has 0 amide bonds. The quantitative estimate of drug-likeness (QED) is 0.431. The molecule has 2 heterocycles. The molecule has 0 saturated heterocycles. The minimum atomic E-state index is -0.614. The first-order valence-corrected chi connectivity index (χ1v) is 10.4. The van der Waals surface area contributed by atoms with Crippen LogP contribution in [0.1, 0.15) is 28.3 Å². The summed E-state index contributed by atoms with van der Waals surface area (Å²) in [4.78, 5) is 20.6. The van der Waals surface area contributed by atoms with Crippen molar-refractivity contribution in [3.63, 3.8) is 0 Å². The van der Waals surface area contributed by atoms with Crippen LogP contribution < -0.4 is 4.74 Å². The van der Waals surface area contributed by atoms with Crippen molar-refractivity contribution < 1.29 is 18.3 Å². The molecular formula is C26H20F2N2O2. The maximum absolute atomic E-state index is 14.4. The molecule has 32 heavy (non-hydrogen) atoms. The third-order valence-electron chi connectivity index (χ3n) is 5.78. The number of carbonyl (C=O) groups excluding carboxylic acids is 1. The Morgan fingerprint density at radius 2 is 1.81 bits per heavy atom. The summed E-state index contributed by atoms with van der Waals surface area (Å²) in [6, 6.07) is 20.8. The standard InChI is InChI=1S/C26H20F2N2O2/c1-15-6-5-9-17(12-15)22-20(13-16-7-3-2-4-8-16)26(31)32-25-23(22)29-24(30-25)19-14-18(27)10-11-21(19)28/h2-12,14,20,22H,13H2,1H3,(H,29,30)/t20-,22+/m0/s1. The van der Waals surface area contributed by atoms with Crippen molar-refractivity contribution in [1.82, 2.24) is 9.97 Å². The second-order valence-corrected chi connectivity index (χ2v) is 8.03. The van der Waals surface area contributed by atoms with E-state index in [2.05, 4.69) is 9.97 Å². The van der Waals surface area contributed by atoms with Crippen LogP contribution in [0.3, 0.4) is 0 Å². The molecule has 0 fully saturated rings. The van der Waals surface area contributed by atoms with Gasteiger partial charge in [0.05, 0.1) is 11.5 Å². The average molecular weight is 430 g/mol. The van der Waals surface area contributed by atoms with Crippen LogP contribution in [0.25, 0.3) is 11.4 Å². The minimum absolute atomic E-state index is 0.0157. The number of ether oxygens (including phenoxy) is 1. The van der Waals surface area contributed by atoms with E-state index in [1.807, 2.05) is 61.5 Å². The Hall–Kier alpha value is -3.80. The highest BCUT2D eigenvalue weighted by Crippen LogP contribution is 2.43. The van der Waals surface area contributed by atoms with Crippen LogP contribution in [-0.4, -0.2) is 15.9 Å². The van der Waals surface area contributed by atoms with Crippen LogP contribution in [0.5, 0.6) is 5.88 Å². The lowest BCUT2D eigenvalue weighted by Gasteiger charge is -2.29. The Morgan fingerprint density at radius 1 is 1.00 bits per heavy atom. The van der Waals surface area contributed by atoms with Crippen molar-refractivity contribution in [1.29, 1.82) is 0 Å². The van der Waals surface area contributed by atoms with Crippen molar-refractivity contribution in [2.75, 3.05) is 0 Å². The lowest BCUT2D eigenvalue weighted by Crippen LogP contribution is -2.34. The van der Waals surface area contributed by atoms with Gasteiger partial charge in [0.25, 0.3) is 0 Å². The van der Waals surface area contributed by atoms with Gasteiger partial charge in [-0.25, -0.2) is 13.8 Å². The third kappa shape index (κ3) is 3.68. The summed E-state index contributed by atoms with van der Waals surface area (Å²) in [5.74, 6) is -2.19. The number of carbonyl (C=O) groups is 1. The first-order valence-electron chi connectivity index (χ1n) is 10.4. The van der Waals surface area contributed by atoms with E-state index in [1.165, 1.54) is 0 Å². The zero-order valence-electron chi connectivity index (χ0n) is 17.3. The number of esters is 1. The number of aromatic nitrogens is 2. The van der Waals surface area contributed by atoms with Crippen molar-refractivity contribution in [3.8, 4) is 17.3 Å². The molecule has 0 bridgehead atoms. The van der Waals surface area contributed by atoms with Gasteiger partial charge in [0.15, 0.2) is 0 Å². The number of halogens is 2. The third-order valence-corrected chi connectivity index (χ3v) is 5.78. The van der Waals surface area contributed by atoms with Gasteiger partial charge >= 0.3 is 5.97 Å². The summed E-state index contributed by atoms with van der Waals surface area (Å²) >= 11 is 0. The van der Waals surface area contributed by atoms with Crippen molar-refractivity contribution in [2.45, 2.75) is 19.3 Å². The number of nitrogens with zero attached hydrogens (tertiary/aromatic N) is 1. The second-order valence-electron chi connectivity index (χ2n) is 8.03. The van der Waals surface area contributed by atoms with Crippen molar-refractivity contribution in [3.05, 3.63) is 107 Å². The molecule has 1 aliphatic rings. The number of imidazole rings is 1.